The monoisotopic (exact) mass is 346 g/mol. The summed E-state index contributed by atoms with van der Waals surface area (Å²) in [5.41, 5.74) is -1.31. The first kappa shape index (κ1) is 18.4. The molecule has 1 aromatic carbocycles. The predicted molar refractivity (Wildman–Crippen MR) is 83.0 cm³/mol. The minimum absolute atomic E-state index is 0.0573. The molecule has 5 nitrogen and oxygen atoms in total. The lowest BCUT2D eigenvalue weighted by molar-refractivity contribution is -0.137. The van der Waals surface area contributed by atoms with Gasteiger partial charge in [-0.1, -0.05) is 6.42 Å². The molecule has 1 fully saturated rings. The van der Waals surface area contributed by atoms with Gasteiger partial charge in [0.1, 0.15) is 5.75 Å². The van der Waals surface area contributed by atoms with Crippen LogP contribution in [0.1, 0.15) is 31.7 Å². The number of carbonyl (C=O) groups is 1. The summed E-state index contributed by atoms with van der Waals surface area (Å²) in [6.07, 6.45) is -2.73. The topological polar surface area (TPSA) is 70.6 Å². The number of anilines is 1. The smallest absolute Gasteiger partial charge is 0.418 e. The van der Waals surface area contributed by atoms with Crippen LogP contribution >= 0.6 is 0 Å². The summed E-state index contributed by atoms with van der Waals surface area (Å²) < 4.78 is 44.5. The van der Waals surface area contributed by atoms with Crippen LogP contribution in [0.4, 0.5) is 23.7 Å². The first-order chi connectivity index (χ1) is 11.3. The van der Waals surface area contributed by atoms with Crippen LogP contribution in [-0.4, -0.2) is 30.4 Å². The second kappa shape index (κ2) is 7.74. The van der Waals surface area contributed by atoms with Crippen molar-refractivity contribution in [3.05, 3.63) is 23.8 Å². The van der Waals surface area contributed by atoms with Gasteiger partial charge in [-0.15, -0.1) is 0 Å². The lowest BCUT2D eigenvalue weighted by atomic mass is 10.1. The van der Waals surface area contributed by atoms with Crippen LogP contribution in [0.2, 0.25) is 0 Å². The normalized spacial score (nSPS) is 20.7. The van der Waals surface area contributed by atoms with Gasteiger partial charge in [-0.2, -0.15) is 13.2 Å². The fourth-order valence-electron chi connectivity index (χ4n) is 2.77. The summed E-state index contributed by atoms with van der Waals surface area (Å²) in [6, 6.07) is 2.66. The van der Waals surface area contributed by atoms with Gasteiger partial charge >= 0.3 is 12.2 Å². The lowest BCUT2D eigenvalue weighted by Crippen LogP contribution is -2.35. The number of carbonyl (C=O) groups excluding carboxylic acids is 1. The SMILES string of the molecule is CCOc1ccc(NC(=O)NC[C@H]2CCC[C@H]2O)c(C(F)(F)F)c1. The Morgan fingerprint density at radius 3 is 2.71 bits per heavy atom. The van der Waals surface area contributed by atoms with Gasteiger partial charge in [0.2, 0.25) is 0 Å². The summed E-state index contributed by atoms with van der Waals surface area (Å²) in [4.78, 5) is 11.9. The fourth-order valence-corrected chi connectivity index (χ4v) is 2.77. The molecule has 2 amide bonds. The fraction of sp³-hybridized carbons (Fsp3) is 0.562. The van der Waals surface area contributed by atoms with Gasteiger partial charge in [0.25, 0.3) is 0 Å². The molecule has 0 bridgehead atoms. The Balaban J connectivity index is 2.03. The second-order valence-electron chi connectivity index (χ2n) is 5.73. The van der Waals surface area contributed by atoms with Crippen molar-refractivity contribution in [2.24, 2.45) is 5.92 Å². The molecule has 134 valence electrons. The Bertz CT molecular complexity index is 578. The highest BCUT2D eigenvalue weighted by Gasteiger charge is 2.34. The number of rotatable bonds is 5. The summed E-state index contributed by atoms with van der Waals surface area (Å²) in [6.45, 7) is 2.14. The minimum atomic E-state index is -4.61. The molecule has 1 aromatic rings. The number of alkyl halides is 3. The lowest BCUT2D eigenvalue weighted by Gasteiger charge is -2.18. The van der Waals surface area contributed by atoms with Crippen molar-refractivity contribution < 1.29 is 27.8 Å². The molecule has 0 aliphatic heterocycles. The number of aliphatic hydroxyl groups excluding tert-OH is 1. The molecule has 0 unspecified atom stereocenters. The number of nitrogens with one attached hydrogen (secondary N) is 2. The average Bonchev–Trinajstić information content (AvgIpc) is 2.91. The Kier molecular flexibility index (Phi) is 5.93. The molecule has 1 aliphatic carbocycles. The van der Waals surface area contributed by atoms with Gasteiger partial charge in [-0.3, -0.25) is 0 Å². The summed E-state index contributed by atoms with van der Waals surface area (Å²) >= 11 is 0. The second-order valence-corrected chi connectivity index (χ2v) is 5.73. The van der Waals surface area contributed by atoms with E-state index in [1.807, 2.05) is 0 Å². The number of hydrogen-bond donors (Lipinski definition) is 3. The molecule has 8 heteroatoms. The van der Waals surface area contributed by atoms with Gasteiger partial charge in [0, 0.05) is 12.5 Å². The van der Waals surface area contributed by atoms with Gasteiger partial charge in [-0.25, -0.2) is 4.79 Å². The number of amides is 2. The number of aliphatic hydroxyl groups is 1. The van der Waals surface area contributed by atoms with E-state index < -0.39 is 23.9 Å². The molecule has 2 atom stereocenters. The maximum absolute atomic E-state index is 13.1. The Morgan fingerprint density at radius 2 is 2.12 bits per heavy atom. The van der Waals surface area contributed by atoms with Crippen molar-refractivity contribution in [1.82, 2.24) is 5.32 Å². The number of urea groups is 1. The molecule has 0 aromatic heterocycles. The van der Waals surface area contributed by atoms with Gasteiger partial charge in [-0.05, 0) is 38.0 Å². The molecular weight excluding hydrogens is 325 g/mol. The molecular formula is C16H21F3N2O3. The van der Waals surface area contributed by atoms with E-state index in [4.69, 9.17) is 4.74 Å². The van der Waals surface area contributed by atoms with Crippen molar-refractivity contribution in [2.45, 2.75) is 38.5 Å². The highest BCUT2D eigenvalue weighted by Crippen LogP contribution is 2.37. The third-order valence-electron chi connectivity index (χ3n) is 4.00. The molecule has 2 rings (SSSR count). The van der Waals surface area contributed by atoms with E-state index in [9.17, 15) is 23.1 Å². The van der Waals surface area contributed by atoms with Gasteiger partial charge < -0.3 is 20.5 Å². The van der Waals surface area contributed by atoms with E-state index in [1.54, 1.807) is 6.92 Å². The number of hydrogen-bond acceptors (Lipinski definition) is 3. The van der Waals surface area contributed by atoms with Crippen LogP contribution in [0, 0.1) is 5.92 Å². The summed E-state index contributed by atoms with van der Waals surface area (Å²) in [5.74, 6) is 0.0306. The average molecular weight is 346 g/mol. The van der Waals surface area contributed by atoms with Crippen LogP contribution < -0.4 is 15.4 Å². The zero-order valence-corrected chi connectivity index (χ0v) is 13.3. The minimum Gasteiger partial charge on any atom is -0.494 e. The molecule has 0 spiro atoms. The molecule has 0 heterocycles. The maximum Gasteiger partial charge on any atom is 0.418 e. The van der Waals surface area contributed by atoms with E-state index in [0.717, 1.165) is 25.0 Å². The first-order valence-corrected chi connectivity index (χ1v) is 7.88. The van der Waals surface area contributed by atoms with Crippen molar-refractivity contribution >= 4 is 11.7 Å². The van der Waals surface area contributed by atoms with Crippen LogP contribution in [0.3, 0.4) is 0 Å². The quantitative estimate of drug-likeness (QED) is 0.765. The Morgan fingerprint density at radius 1 is 1.38 bits per heavy atom. The maximum atomic E-state index is 13.1. The van der Waals surface area contributed by atoms with E-state index in [2.05, 4.69) is 10.6 Å². The molecule has 24 heavy (non-hydrogen) atoms. The Hall–Kier alpha value is -1.96. The number of halogens is 3. The Labute approximate surface area is 138 Å². The van der Waals surface area contributed by atoms with E-state index in [1.165, 1.54) is 6.07 Å². The standard InChI is InChI=1S/C16H21F3N2O3/c1-2-24-11-6-7-13(12(8-11)16(17,18)19)21-15(23)20-9-10-4-3-5-14(10)22/h6-8,10,14,22H,2-5,9H2,1H3,(H2,20,21,23)/t10-,14-/m1/s1. The van der Waals surface area contributed by atoms with Crippen molar-refractivity contribution in [1.29, 1.82) is 0 Å². The van der Waals surface area contributed by atoms with Crippen molar-refractivity contribution in [2.75, 3.05) is 18.5 Å². The molecule has 0 radical (unpaired) electrons. The predicted octanol–water partition coefficient (Wildman–Crippen LogP) is 3.39. The molecule has 1 saturated carbocycles. The summed E-state index contributed by atoms with van der Waals surface area (Å²) in [5, 5.41) is 14.4. The number of ether oxygens (including phenoxy) is 1. The zero-order valence-electron chi connectivity index (χ0n) is 13.3. The largest absolute Gasteiger partial charge is 0.494 e. The van der Waals surface area contributed by atoms with Gasteiger partial charge in [0.05, 0.1) is 24.0 Å². The van der Waals surface area contributed by atoms with Crippen LogP contribution in [-0.2, 0) is 6.18 Å². The first-order valence-electron chi connectivity index (χ1n) is 7.88. The van der Waals surface area contributed by atoms with Gasteiger partial charge in [0.15, 0.2) is 0 Å². The van der Waals surface area contributed by atoms with E-state index in [-0.39, 0.29) is 30.5 Å². The summed E-state index contributed by atoms with van der Waals surface area (Å²) in [7, 11) is 0. The molecule has 3 N–H and O–H groups in total. The van der Waals surface area contributed by atoms with E-state index >= 15 is 0 Å². The van der Waals surface area contributed by atoms with Crippen LogP contribution in [0.5, 0.6) is 5.75 Å². The van der Waals surface area contributed by atoms with E-state index in [0.29, 0.717) is 6.42 Å². The highest BCUT2D eigenvalue weighted by atomic mass is 19.4. The third-order valence-corrected chi connectivity index (χ3v) is 4.00. The number of benzene rings is 1. The van der Waals surface area contributed by atoms with Crippen molar-refractivity contribution in [3.63, 3.8) is 0 Å². The molecule has 1 aliphatic rings. The van der Waals surface area contributed by atoms with Crippen LogP contribution in [0.15, 0.2) is 18.2 Å². The zero-order chi connectivity index (χ0) is 17.7. The third kappa shape index (κ3) is 4.77. The molecule has 0 saturated heterocycles. The van der Waals surface area contributed by atoms with Crippen molar-refractivity contribution in [3.8, 4) is 5.75 Å². The van der Waals surface area contributed by atoms with Crippen LogP contribution in [0.25, 0.3) is 0 Å². The highest BCUT2D eigenvalue weighted by molar-refractivity contribution is 5.90.